The summed E-state index contributed by atoms with van der Waals surface area (Å²) in [5.41, 5.74) is 3.49. The molecular weight excluding hydrogens is 426 g/mol. The second-order valence-corrected chi connectivity index (χ2v) is 6.34. The Kier molecular flexibility index (Phi) is 8.06. The Hall–Kier alpha value is -3.31. The normalized spacial score (nSPS) is 10.2. The summed E-state index contributed by atoms with van der Waals surface area (Å²) in [5.74, 6) is 2.56. The van der Waals surface area contributed by atoms with Crippen LogP contribution in [0.1, 0.15) is 12.0 Å². The molecule has 0 saturated carbocycles. The molecular formula is C20H18BrN3O4. The van der Waals surface area contributed by atoms with Gasteiger partial charge in [0.1, 0.15) is 24.5 Å². The molecule has 0 aromatic heterocycles. The summed E-state index contributed by atoms with van der Waals surface area (Å²) in [4.78, 5) is 23.8. The number of hydrogen-bond acceptors (Lipinski definition) is 5. The van der Waals surface area contributed by atoms with Gasteiger partial charge in [0.25, 0.3) is 0 Å². The number of anilines is 1. The molecule has 28 heavy (non-hydrogen) atoms. The molecule has 0 aliphatic carbocycles. The van der Waals surface area contributed by atoms with Crippen LogP contribution < -0.4 is 20.2 Å². The minimum Gasteiger partial charge on any atom is -0.497 e. The number of amides is 2. The summed E-state index contributed by atoms with van der Waals surface area (Å²) < 4.78 is 11.3. The highest BCUT2D eigenvalue weighted by atomic mass is 79.9. The molecule has 2 aromatic rings. The predicted molar refractivity (Wildman–Crippen MR) is 110 cm³/mol. The van der Waals surface area contributed by atoms with Crippen LogP contribution in [0.5, 0.6) is 11.5 Å². The second-order valence-electron chi connectivity index (χ2n) is 5.42. The lowest BCUT2D eigenvalue weighted by Gasteiger charge is -2.07. The van der Waals surface area contributed by atoms with Crippen LogP contribution in [0.15, 0.2) is 52.0 Å². The van der Waals surface area contributed by atoms with E-state index in [1.807, 2.05) is 0 Å². The van der Waals surface area contributed by atoms with Gasteiger partial charge in [-0.15, -0.1) is 6.42 Å². The average molecular weight is 444 g/mol. The van der Waals surface area contributed by atoms with E-state index in [9.17, 15) is 9.59 Å². The fraction of sp³-hybridized carbons (Fsp3) is 0.150. The smallest absolute Gasteiger partial charge is 0.249 e. The van der Waals surface area contributed by atoms with Crippen LogP contribution in [0.4, 0.5) is 5.69 Å². The van der Waals surface area contributed by atoms with Gasteiger partial charge in [-0.2, -0.15) is 5.10 Å². The van der Waals surface area contributed by atoms with Crippen LogP contribution >= 0.6 is 15.9 Å². The largest absolute Gasteiger partial charge is 0.497 e. The Morgan fingerprint density at radius 3 is 2.64 bits per heavy atom. The van der Waals surface area contributed by atoms with E-state index in [2.05, 4.69) is 37.7 Å². The van der Waals surface area contributed by atoms with Crippen molar-refractivity contribution in [3.63, 3.8) is 0 Å². The van der Waals surface area contributed by atoms with Gasteiger partial charge < -0.3 is 14.8 Å². The molecule has 0 heterocycles. The Labute approximate surface area is 171 Å². The molecule has 0 spiro atoms. The summed E-state index contributed by atoms with van der Waals surface area (Å²) in [7, 11) is 1.55. The van der Waals surface area contributed by atoms with E-state index >= 15 is 0 Å². The number of benzene rings is 2. The lowest BCUT2D eigenvalue weighted by Crippen LogP contribution is -2.24. The number of ether oxygens (including phenoxy) is 2. The maximum atomic E-state index is 11.9. The van der Waals surface area contributed by atoms with Crippen molar-refractivity contribution < 1.29 is 19.1 Å². The van der Waals surface area contributed by atoms with Crippen LogP contribution in [0.25, 0.3) is 0 Å². The van der Waals surface area contributed by atoms with Crippen molar-refractivity contribution in [1.29, 1.82) is 0 Å². The van der Waals surface area contributed by atoms with Crippen molar-refractivity contribution >= 4 is 39.6 Å². The zero-order valence-electron chi connectivity index (χ0n) is 15.1. The number of methoxy groups -OCH3 is 1. The Morgan fingerprint density at radius 1 is 1.21 bits per heavy atom. The third-order valence-corrected chi connectivity index (χ3v) is 3.86. The first-order valence-electron chi connectivity index (χ1n) is 8.13. The van der Waals surface area contributed by atoms with E-state index in [0.29, 0.717) is 22.7 Å². The third-order valence-electron chi connectivity index (χ3n) is 3.37. The summed E-state index contributed by atoms with van der Waals surface area (Å²) >= 11 is 3.35. The summed E-state index contributed by atoms with van der Waals surface area (Å²) in [6, 6.07) is 12.1. The van der Waals surface area contributed by atoms with Crippen molar-refractivity contribution in [3.05, 3.63) is 52.5 Å². The van der Waals surface area contributed by atoms with Gasteiger partial charge in [-0.25, -0.2) is 5.43 Å². The molecule has 0 fully saturated rings. The van der Waals surface area contributed by atoms with Gasteiger partial charge in [0, 0.05) is 15.7 Å². The van der Waals surface area contributed by atoms with Gasteiger partial charge in [-0.3, -0.25) is 9.59 Å². The number of halogens is 1. The van der Waals surface area contributed by atoms with E-state index in [4.69, 9.17) is 15.9 Å². The minimum atomic E-state index is -0.552. The fourth-order valence-electron chi connectivity index (χ4n) is 2.11. The molecule has 8 heteroatoms. The first-order chi connectivity index (χ1) is 13.5. The molecule has 0 atom stereocenters. The van der Waals surface area contributed by atoms with Gasteiger partial charge in [-0.05, 0) is 42.5 Å². The monoisotopic (exact) mass is 443 g/mol. The van der Waals surface area contributed by atoms with Crippen LogP contribution in [-0.4, -0.2) is 31.7 Å². The lowest BCUT2D eigenvalue weighted by molar-refractivity contribution is -0.126. The molecule has 0 aliphatic rings. The van der Waals surface area contributed by atoms with Gasteiger partial charge in [0.05, 0.1) is 13.3 Å². The Morgan fingerprint density at radius 2 is 1.96 bits per heavy atom. The lowest BCUT2D eigenvalue weighted by atomic mass is 10.2. The molecule has 0 unspecified atom stereocenters. The number of terminal acetylenes is 1. The molecule has 2 aromatic carbocycles. The average Bonchev–Trinajstić information content (AvgIpc) is 2.68. The number of carbonyl (C=O) groups excluding carboxylic acids is 2. The van der Waals surface area contributed by atoms with Crippen molar-refractivity contribution in [2.75, 3.05) is 19.0 Å². The Bertz CT molecular complexity index is 905. The van der Waals surface area contributed by atoms with Crippen LogP contribution in [0.3, 0.4) is 0 Å². The minimum absolute atomic E-state index is 0.111. The number of hydrogen-bond donors (Lipinski definition) is 2. The highest BCUT2D eigenvalue weighted by Crippen LogP contribution is 2.21. The Balaban J connectivity index is 1.88. The van der Waals surface area contributed by atoms with Gasteiger partial charge >= 0.3 is 0 Å². The third kappa shape index (κ3) is 6.78. The molecule has 0 aliphatic heterocycles. The fourth-order valence-corrected chi connectivity index (χ4v) is 2.49. The van der Waals surface area contributed by atoms with Gasteiger partial charge in [-0.1, -0.05) is 21.9 Å². The van der Waals surface area contributed by atoms with E-state index < -0.39 is 11.8 Å². The number of hydrazone groups is 1. The van der Waals surface area contributed by atoms with Gasteiger partial charge in [0.15, 0.2) is 0 Å². The molecule has 2 N–H and O–H groups in total. The van der Waals surface area contributed by atoms with Crippen molar-refractivity contribution in [2.24, 2.45) is 5.10 Å². The van der Waals surface area contributed by atoms with Crippen LogP contribution in [0.2, 0.25) is 0 Å². The number of nitrogens with one attached hydrogen (secondary N) is 2. The molecule has 0 saturated heterocycles. The summed E-state index contributed by atoms with van der Waals surface area (Å²) in [6.07, 6.45) is 6.23. The standard InChI is InChI=1S/C20H18BrN3O4/c1-3-10-28-18-9-4-15(21)11-14(18)13-22-24-20(26)12-19(25)23-16-5-7-17(27-2)8-6-16/h1,4-9,11,13H,10,12H2,2H3,(H,23,25)(H,24,26). The molecule has 7 nitrogen and oxygen atoms in total. The zero-order valence-corrected chi connectivity index (χ0v) is 16.7. The SMILES string of the molecule is C#CCOc1ccc(Br)cc1C=NNC(=O)CC(=O)Nc1ccc(OC)cc1. The number of rotatable bonds is 8. The molecule has 144 valence electrons. The molecule has 0 bridgehead atoms. The number of carbonyl (C=O) groups is 2. The van der Waals surface area contributed by atoms with Gasteiger partial charge in [0.2, 0.25) is 11.8 Å². The predicted octanol–water partition coefficient (Wildman–Crippen LogP) is 2.95. The maximum absolute atomic E-state index is 11.9. The summed E-state index contributed by atoms with van der Waals surface area (Å²) in [6.45, 7) is 0.111. The van der Waals surface area contributed by atoms with Crippen molar-refractivity contribution in [1.82, 2.24) is 5.43 Å². The zero-order chi connectivity index (χ0) is 20.4. The summed E-state index contributed by atoms with van der Waals surface area (Å²) in [5, 5.41) is 6.48. The molecule has 0 radical (unpaired) electrons. The first-order valence-corrected chi connectivity index (χ1v) is 8.92. The van der Waals surface area contributed by atoms with Crippen LogP contribution in [-0.2, 0) is 9.59 Å². The van der Waals surface area contributed by atoms with E-state index in [1.165, 1.54) is 6.21 Å². The maximum Gasteiger partial charge on any atom is 0.249 e. The highest BCUT2D eigenvalue weighted by molar-refractivity contribution is 9.10. The number of nitrogens with zero attached hydrogens (tertiary/aromatic N) is 1. The van der Waals surface area contributed by atoms with Crippen molar-refractivity contribution in [3.8, 4) is 23.8 Å². The van der Waals surface area contributed by atoms with Crippen molar-refractivity contribution in [2.45, 2.75) is 6.42 Å². The van der Waals surface area contributed by atoms with Crippen LogP contribution in [0, 0.1) is 12.3 Å². The highest BCUT2D eigenvalue weighted by Gasteiger charge is 2.09. The first kappa shape index (κ1) is 21.0. The quantitative estimate of drug-likeness (QED) is 0.284. The second kappa shape index (κ2) is 10.7. The van der Waals surface area contributed by atoms with E-state index in [-0.39, 0.29) is 13.0 Å². The van der Waals surface area contributed by atoms with E-state index in [1.54, 1.807) is 49.6 Å². The van der Waals surface area contributed by atoms with E-state index in [0.717, 1.165) is 4.47 Å². The molecule has 2 amide bonds. The topological polar surface area (TPSA) is 89.0 Å². The molecule has 2 rings (SSSR count).